The SMILES string of the molecule is CC1(C)CC[C@H](c2nc3ccc(B4OC(C)(C)C(C)(C)O4)cc3[nH]2)C1. The predicted octanol–water partition coefficient (Wildman–Crippen LogP) is 4.16. The first-order chi connectivity index (χ1) is 11.6. The van der Waals surface area contributed by atoms with Crippen LogP contribution in [0.4, 0.5) is 0 Å². The van der Waals surface area contributed by atoms with Crippen molar-refractivity contribution in [3.63, 3.8) is 0 Å². The average molecular weight is 340 g/mol. The predicted molar refractivity (Wildman–Crippen MR) is 102 cm³/mol. The van der Waals surface area contributed by atoms with E-state index in [0.717, 1.165) is 22.3 Å². The van der Waals surface area contributed by atoms with Gasteiger partial charge in [0.1, 0.15) is 5.82 Å². The summed E-state index contributed by atoms with van der Waals surface area (Å²) in [6, 6.07) is 6.29. The number of nitrogens with zero attached hydrogens (tertiary/aromatic N) is 1. The number of fused-ring (bicyclic) bond motifs is 1. The highest BCUT2D eigenvalue weighted by molar-refractivity contribution is 6.62. The summed E-state index contributed by atoms with van der Waals surface area (Å²) in [5.41, 5.74) is 2.94. The number of hydrogen-bond acceptors (Lipinski definition) is 3. The molecule has 4 rings (SSSR count). The lowest BCUT2D eigenvalue weighted by Crippen LogP contribution is -2.41. The first kappa shape index (κ1) is 17.1. The molecule has 0 bridgehead atoms. The molecule has 1 aliphatic heterocycles. The van der Waals surface area contributed by atoms with E-state index >= 15 is 0 Å². The van der Waals surface area contributed by atoms with Gasteiger partial charge in [0.15, 0.2) is 0 Å². The van der Waals surface area contributed by atoms with E-state index in [4.69, 9.17) is 14.3 Å². The van der Waals surface area contributed by atoms with Gasteiger partial charge in [0.2, 0.25) is 0 Å². The van der Waals surface area contributed by atoms with Gasteiger partial charge in [-0.2, -0.15) is 0 Å². The van der Waals surface area contributed by atoms with Crippen LogP contribution in [-0.2, 0) is 9.31 Å². The molecule has 2 aromatic rings. The smallest absolute Gasteiger partial charge is 0.399 e. The summed E-state index contributed by atoms with van der Waals surface area (Å²) < 4.78 is 12.4. The maximum absolute atomic E-state index is 6.18. The Labute approximate surface area is 150 Å². The van der Waals surface area contributed by atoms with E-state index in [2.05, 4.69) is 64.7 Å². The van der Waals surface area contributed by atoms with Gasteiger partial charge in [0.25, 0.3) is 0 Å². The van der Waals surface area contributed by atoms with Crippen LogP contribution in [0.25, 0.3) is 11.0 Å². The lowest BCUT2D eigenvalue weighted by Gasteiger charge is -2.32. The highest BCUT2D eigenvalue weighted by Crippen LogP contribution is 2.45. The van der Waals surface area contributed by atoms with E-state index in [1.165, 1.54) is 19.3 Å². The minimum atomic E-state index is -0.327. The summed E-state index contributed by atoms with van der Waals surface area (Å²) in [4.78, 5) is 8.41. The van der Waals surface area contributed by atoms with Crippen LogP contribution in [-0.4, -0.2) is 28.3 Å². The molecule has 1 saturated heterocycles. The molecule has 1 atom stereocenters. The third-order valence-corrected chi connectivity index (χ3v) is 6.40. The van der Waals surface area contributed by atoms with Crippen LogP contribution in [0.1, 0.15) is 72.5 Å². The molecule has 0 radical (unpaired) electrons. The number of H-pyrrole nitrogens is 1. The molecule has 1 N–H and O–H groups in total. The zero-order valence-corrected chi connectivity index (χ0v) is 16.3. The van der Waals surface area contributed by atoms with Gasteiger partial charge < -0.3 is 14.3 Å². The van der Waals surface area contributed by atoms with Crippen molar-refractivity contribution < 1.29 is 9.31 Å². The second kappa shape index (κ2) is 5.34. The van der Waals surface area contributed by atoms with Gasteiger partial charge in [0.05, 0.1) is 22.2 Å². The monoisotopic (exact) mass is 340 g/mol. The zero-order valence-electron chi connectivity index (χ0n) is 16.3. The largest absolute Gasteiger partial charge is 0.494 e. The molecule has 134 valence electrons. The molecule has 2 aliphatic rings. The molecule has 0 unspecified atom stereocenters. The summed E-state index contributed by atoms with van der Waals surface area (Å²) in [6.07, 6.45) is 3.70. The first-order valence-corrected chi connectivity index (χ1v) is 9.42. The maximum Gasteiger partial charge on any atom is 0.494 e. The summed E-state index contributed by atoms with van der Waals surface area (Å²) in [6.45, 7) is 13.0. The minimum Gasteiger partial charge on any atom is -0.399 e. The van der Waals surface area contributed by atoms with Crippen LogP contribution in [0.3, 0.4) is 0 Å². The number of benzene rings is 1. The van der Waals surface area contributed by atoms with E-state index in [1.54, 1.807) is 0 Å². The fraction of sp³-hybridized carbons (Fsp3) is 0.650. The summed E-state index contributed by atoms with van der Waals surface area (Å²) in [7, 11) is -0.327. The van der Waals surface area contributed by atoms with Crippen molar-refractivity contribution in [1.29, 1.82) is 0 Å². The third-order valence-electron chi connectivity index (χ3n) is 6.40. The van der Waals surface area contributed by atoms with Crippen molar-refractivity contribution in [2.24, 2.45) is 5.41 Å². The fourth-order valence-electron chi connectivity index (χ4n) is 4.04. The van der Waals surface area contributed by atoms with E-state index in [9.17, 15) is 0 Å². The van der Waals surface area contributed by atoms with Gasteiger partial charge in [-0.1, -0.05) is 19.9 Å². The van der Waals surface area contributed by atoms with Crippen molar-refractivity contribution in [3.05, 3.63) is 24.0 Å². The number of imidazole rings is 1. The van der Waals surface area contributed by atoms with E-state index in [-0.39, 0.29) is 18.3 Å². The second-order valence-corrected chi connectivity index (χ2v) is 9.59. The molecule has 1 aromatic carbocycles. The third kappa shape index (κ3) is 2.91. The van der Waals surface area contributed by atoms with Crippen LogP contribution in [0.15, 0.2) is 18.2 Å². The molecule has 1 aliphatic carbocycles. The molecule has 4 nitrogen and oxygen atoms in total. The Kier molecular flexibility index (Phi) is 3.65. The Morgan fingerprint density at radius 1 is 1.08 bits per heavy atom. The molecule has 5 heteroatoms. The summed E-state index contributed by atoms with van der Waals surface area (Å²) in [5, 5.41) is 0. The van der Waals surface area contributed by atoms with Crippen LogP contribution < -0.4 is 5.46 Å². The molecule has 25 heavy (non-hydrogen) atoms. The highest BCUT2D eigenvalue weighted by atomic mass is 16.7. The number of rotatable bonds is 2. The minimum absolute atomic E-state index is 0.318. The maximum atomic E-state index is 6.18. The zero-order chi connectivity index (χ0) is 18.0. The van der Waals surface area contributed by atoms with Crippen molar-refractivity contribution in [2.75, 3.05) is 0 Å². The van der Waals surface area contributed by atoms with E-state index in [1.807, 2.05) is 0 Å². The van der Waals surface area contributed by atoms with Crippen molar-refractivity contribution in [3.8, 4) is 0 Å². The standard InChI is InChI=1S/C20H29BN2O2/c1-18(2)10-9-13(12-18)17-22-15-8-7-14(11-16(15)23-17)21-24-19(3,4)20(5,6)25-21/h7-8,11,13H,9-10,12H2,1-6H3,(H,22,23)/t13-/m0/s1. The molecule has 1 saturated carbocycles. The Morgan fingerprint density at radius 3 is 2.36 bits per heavy atom. The number of aromatic amines is 1. The van der Waals surface area contributed by atoms with E-state index < -0.39 is 0 Å². The topological polar surface area (TPSA) is 47.1 Å². The van der Waals surface area contributed by atoms with E-state index in [0.29, 0.717) is 11.3 Å². The Balaban J connectivity index is 1.61. The van der Waals surface area contributed by atoms with Gasteiger partial charge in [0, 0.05) is 5.92 Å². The fourth-order valence-corrected chi connectivity index (χ4v) is 4.04. The first-order valence-electron chi connectivity index (χ1n) is 9.42. The van der Waals surface area contributed by atoms with Crippen LogP contribution in [0.2, 0.25) is 0 Å². The van der Waals surface area contributed by atoms with Gasteiger partial charge in [-0.15, -0.1) is 0 Å². The Bertz CT molecular complexity index is 793. The van der Waals surface area contributed by atoms with Crippen molar-refractivity contribution >= 4 is 23.6 Å². The molecule has 2 fully saturated rings. The van der Waals surface area contributed by atoms with Crippen LogP contribution in [0, 0.1) is 5.41 Å². The second-order valence-electron chi connectivity index (χ2n) is 9.59. The molecular formula is C20H29BN2O2. The lowest BCUT2D eigenvalue weighted by molar-refractivity contribution is 0.00578. The average Bonchev–Trinajstić information content (AvgIpc) is 3.12. The van der Waals surface area contributed by atoms with Gasteiger partial charge in [-0.25, -0.2) is 4.98 Å². The molecule has 0 spiro atoms. The number of hydrogen-bond donors (Lipinski definition) is 1. The normalized spacial score (nSPS) is 27.3. The molecule has 1 aromatic heterocycles. The highest BCUT2D eigenvalue weighted by Gasteiger charge is 2.51. The summed E-state index contributed by atoms with van der Waals surface area (Å²) in [5.74, 6) is 1.68. The molecule has 2 heterocycles. The number of aromatic nitrogens is 2. The Hall–Kier alpha value is -1.33. The van der Waals surface area contributed by atoms with Gasteiger partial charge >= 0.3 is 7.12 Å². The van der Waals surface area contributed by atoms with Crippen LogP contribution in [0.5, 0.6) is 0 Å². The van der Waals surface area contributed by atoms with Gasteiger partial charge in [-0.05, 0) is 70.0 Å². The lowest BCUT2D eigenvalue weighted by atomic mass is 9.79. The van der Waals surface area contributed by atoms with Crippen LogP contribution >= 0.6 is 0 Å². The quantitative estimate of drug-likeness (QED) is 0.835. The number of nitrogens with one attached hydrogen (secondary N) is 1. The molecule has 0 amide bonds. The Morgan fingerprint density at radius 2 is 1.76 bits per heavy atom. The molecular weight excluding hydrogens is 311 g/mol. The van der Waals surface area contributed by atoms with Crippen molar-refractivity contribution in [2.45, 2.75) is 77.9 Å². The summed E-state index contributed by atoms with van der Waals surface area (Å²) >= 11 is 0. The van der Waals surface area contributed by atoms with Crippen molar-refractivity contribution in [1.82, 2.24) is 9.97 Å². The van der Waals surface area contributed by atoms with Gasteiger partial charge in [-0.3, -0.25) is 0 Å².